The molecule has 3 heterocycles. The summed E-state index contributed by atoms with van der Waals surface area (Å²) in [6.45, 7) is 3.87. The highest BCUT2D eigenvalue weighted by Gasteiger charge is 2.42. The van der Waals surface area contributed by atoms with Gasteiger partial charge in [0.05, 0.1) is 22.9 Å². The fourth-order valence-corrected chi connectivity index (χ4v) is 3.85. The molecule has 0 fully saturated rings. The first-order valence-corrected chi connectivity index (χ1v) is 10.6. The van der Waals surface area contributed by atoms with Gasteiger partial charge in [0, 0.05) is 18.0 Å². The van der Waals surface area contributed by atoms with Crippen LogP contribution in [0.25, 0.3) is 17.0 Å². The molecule has 33 heavy (non-hydrogen) atoms. The van der Waals surface area contributed by atoms with Crippen LogP contribution in [-0.2, 0) is 16.1 Å². The van der Waals surface area contributed by atoms with Gasteiger partial charge >= 0.3 is 0 Å². The van der Waals surface area contributed by atoms with E-state index in [1.54, 1.807) is 38.1 Å². The molecule has 4 aromatic rings. The quantitative estimate of drug-likeness (QED) is 0.439. The molecule has 0 N–H and O–H groups in total. The van der Waals surface area contributed by atoms with Crippen LogP contribution in [0, 0.1) is 11.3 Å². The maximum Gasteiger partial charge on any atom is 0.210 e. The Kier molecular flexibility index (Phi) is 4.95. The van der Waals surface area contributed by atoms with E-state index in [4.69, 9.17) is 14.7 Å². The first kappa shape index (κ1) is 20.5. The van der Waals surface area contributed by atoms with Crippen molar-refractivity contribution in [3.8, 4) is 11.8 Å². The van der Waals surface area contributed by atoms with E-state index in [2.05, 4.69) is 11.1 Å². The molecule has 162 valence electrons. The Morgan fingerprint density at radius 3 is 2.45 bits per heavy atom. The van der Waals surface area contributed by atoms with Crippen molar-refractivity contribution in [3.63, 3.8) is 0 Å². The normalized spacial score (nSPS) is 14.9. The number of hydrogen-bond donors (Lipinski definition) is 0. The van der Waals surface area contributed by atoms with Gasteiger partial charge in [0.15, 0.2) is 5.60 Å². The van der Waals surface area contributed by atoms with E-state index in [0.29, 0.717) is 29.3 Å². The monoisotopic (exact) mass is 435 g/mol. The number of nitrogens with zero attached hydrogens (tertiary/aromatic N) is 3. The van der Waals surface area contributed by atoms with Crippen molar-refractivity contribution < 1.29 is 14.3 Å². The highest BCUT2D eigenvalue weighted by molar-refractivity contribution is 6.32. The zero-order valence-corrected chi connectivity index (χ0v) is 18.3. The zero-order valence-electron chi connectivity index (χ0n) is 18.3. The summed E-state index contributed by atoms with van der Waals surface area (Å²) < 4.78 is 13.9. The molecule has 6 heteroatoms. The number of carbonyl (C=O) groups excluding carboxylic acids is 1. The van der Waals surface area contributed by atoms with Crippen LogP contribution in [0.3, 0.4) is 0 Å². The summed E-state index contributed by atoms with van der Waals surface area (Å²) in [5.74, 6) is 1.12. The Hall–Kier alpha value is -4.37. The lowest BCUT2D eigenvalue weighted by atomic mass is 9.92. The number of hydrogen-bond acceptors (Lipinski definition) is 5. The molecule has 0 unspecified atom stereocenters. The highest BCUT2D eigenvalue weighted by atomic mass is 16.5. The number of Topliss-reactive ketones (excluding diaryl/α,β-unsaturated/α-hetero) is 1. The number of nitriles is 1. The lowest BCUT2D eigenvalue weighted by molar-refractivity contribution is -0.125. The largest absolute Gasteiger partial charge is 0.487 e. The molecule has 0 bridgehead atoms. The molecule has 2 aromatic heterocycles. The number of pyridine rings is 1. The third kappa shape index (κ3) is 3.85. The molecule has 2 aromatic carbocycles. The number of aromatic nitrogens is 2. The predicted molar refractivity (Wildman–Crippen MR) is 124 cm³/mol. The second-order valence-corrected chi connectivity index (χ2v) is 8.35. The number of fused-ring (bicyclic) bond motifs is 1. The van der Waals surface area contributed by atoms with Crippen LogP contribution >= 0.6 is 0 Å². The van der Waals surface area contributed by atoms with Gasteiger partial charge < -0.3 is 13.9 Å². The van der Waals surface area contributed by atoms with Gasteiger partial charge in [-0.25, -0.2) is 4.98 Å². The van der Waals surface area contributed by atoms with Crippen molar-refractivity contribution in [1.29, 1.82) is 5.26 Å². The predicted octanol–water partition coefficient (Wildman–Crippen LogP) is 5.03. The van der Waals surface area contributed by atoms with Gasteiger partial charge in [-0.15, -0.1) is 0 Å². The Morgan fingerprint density at radius 1 is 1.03 bits per heavy atom. The van der Waals surface area contributed by atoms with Gasteiger partial charge in [-0.3, -0.25) is 4.79 Å². The molecule has 0 aliphatic carbocycles. The second-order valence-electron chi connectivity index (χ2n) is 8.35. The Balaban J connectivity index is 1.40. The van der Waals surface area contributed by atoms with Crippen molar-refractivity contribution in [3.05, 3.63) is 102 Å². The molecule has 1 aliphatic heterocycles. The van der Waals surface area contributed by atoms with E-state index in [0.717, 1.165) is 22.5 Å². The van der Waals surface area contributed by atoms with Gasteiger partial charge in [-0.2, -0.15) is 5.26 Å². The summed E-state index contributed by atoms with van der Waals surface area (Å²) >= 11 is 0. The average molecular weight is 435 g/mol. The van der Waals surface area contributed by atoms with E-state index >= 15 is 0 Å². The van der Waals surface area contributed by atoms with Gasteiger partial charge in [0.2, 0.25) is 5.78 Å². The molecule has 6 nitrogen and oxygen atoms in total. The van der Waals surface area contributed by atoms with Crippen LogP contribution in [0.15, 0.2) is 79.1 Å². The number of carbonyl (C=O) groups is 1. The van der Waals surface area contributed by atoms with Crippen molar-refractivity contribution in [2.45, 2.75) is 26.1 Å². The number of imidazole rings is 1. The van der Waals surface area contributed by atoms with Crippen LogP contribution in [-0.4, -0.2) is 20.8 Å². The molecule has 0 spiro atoms. The second kappa shape index (κ2) is 7.95. The van der Waals surface area contributed by atoms with Crippen LogP contribution in [0.2, 0.25) is 0 Å². The summed E-state index contributed by atoms with van der Waals surface area (Å²) in [6.07, 6.45) is 3.89. The molecule has 0 saturated carbocycles. The fourth-order valence-electron chi connectivity index (χ4n) is 3.85. The van der Waals surface area contributed by atoms with Crippen LogP contribution in [0.5, 0.6) is 5.75 Å². The minimum absolute atomic E-state index is 0.0831. The van der Waals surface area contributed by atoms with Crippen LogP contribution < -0.4 is 4.74 Å². The SMILES string of the molecule is CC1(C)OC(c2ccc(C#N)cc2)=C(c2ccc(OCc3cn4ccccc4n3)cc2)C1=O. The topological polar surface area (TPSA) is 76.6 Å². The Morgan fingerprint density at radius 2 is 1.76 bits per heavy atom. The van der Waals surface area contributed by atoms with Crippen molar-refractivity contribution in [1.82, 2.24) is 9.38 Å². The van der Waals surface area contributed by atoms with Crippen molar-refractivity contribution in [2.24, 2.45) is 0 Å². The first-order chi connectivity index (χ1) is 15.9. The zero-order chi connectivity index (χ0) is 23.0. The highest BCUT2D eigenvalue weighted by Crippen LogP contribution is 2.41. The third-order valence-corrected chi connectivity index (χ3v) is 5.58. The number of ether oxygens (including phenoxy) is 2. The number of ketones is 1. The maximum absolute atomic E-state index is 13.1. The fraction of sp³-hybridized carbons (Fsp3) is 0.148. The van der Waals surface area contributed by atoms with Gasteiger partial charge in [0.25, 0.3) is 0 Å². The summed E-state index contributed by atoms with van der Waals surface area (Å²) in [4.78, 5) is 17.7. The van der Waals surface area contributed by atoms with E-state index in [1.165, 1.54) is 0 Å². The van der Waals surface area contributed by atoms with E-state index in [9.17, 15) is 4.79 Å². The molecule has 0 saturated heterocycles. The molecular weight excluding hydrogens is 414 g/mol. The lowest BCUT2D eigenvalue weighted by Crippen LogP contribution is -2.29. The first-order valence-electron chi connectivity index (χ1n) is 10.6. The molecule has 0 amide bonds. The minimum Gasteiger partial charge on any atom is -0.487 e. The van der Waals surface area contributed by atoms with Crippen LogP contribution in [0.4, 0.5) is 0 Å². The smallest absolute Gasteiger partial charge is 0.210 e. The maximum atomic E-state index is 13.1. The summed E-state index contributed by atoms with van der Waals surface area (Å²) in [6, 6.07) is 22.4. The molecule has 0 atom stereocenters. The summed E-state index contributed by atoms with van der Waals surface area (Å²) in [7, 11) is 0. The Labute approximate surface area is 191 Å². The lowest BCUT2D eigenvalue weighted by Gasteiger charge is -2.17. The van der Waals surface area contributed by atoms with E-state index < -0.39 is 5.60 Å². The van der Waals surface area contributed by atoms with Crippen LogP contribution in [0.1, 0.15) is 36.2 Å². The Bertz CT molecular complexity index is 1390. The number of benzene rings is 2. The van der Waals surface area contributed by atoms with Gasteiger partial charge in [-0.1, -0.05) is 18.2 Å². The van der Waals surface area contributed by atoms with E-state index in [1.807, 2.05) is 59.3 Å². The molecule has 1 aliphatic rings. The van der Waals surface area contributed by atoms with Crippen molar-refractivity contribution in [2.75, 3.05) is 0 Å². The standard InChI is InChI=1S/C27H21N3O3/c1-27(2)26(31)24(25(33-27)20-8-6-18(15-28)7-9-20)19-10-12-22(13-11-19)32-17-21-16-30-14-4-3-5-23(30)29-21/h3-14,16H,17H2,1-2H3. The van der Waals surface area contributed by atoms with Crippen molar-refractivity contribution >= 4 is 22.8 Å². The molecule has 5 rings (SSSR count). The van der Waals surface area contributed by atoms with E-state index in [-0.39, 0.29) is 5.78 Å². The van der Waals surface area contributed by atoms with Gasteiger partial charge in [-0.05, 0) is 67.9 Å². The molecular formula is C27H21N3O3. The number of rotatable bonds is 5. The average Bonchev–Trinajstić information content (AvgIpc) is 3.36. The summed E-state index contributed by atoms with van der Waals surface area (Å²) in [5, 5.41) is 9.06. The summed E-state index contributed by atoms with van der Waals surface area (Å²) in [5.41, 5.74) is 3.33. The van der Waals surface area contributed by atoms with Gasteiger partial charge in [0.1, 0.15) is 23.8 Å². The third-order valence-electron chi connectivity index (χ3n) is 5.58. The minimum atomic E-state index is -0.961. The molecule has 0 radical (unpaired) electrons.